The second-order valence-corrected chi connectivity index (χ2v) is 9.40. The molecule has 2 heterocycles. The van der Waals surface area contributed by atoms with Gasteiger partial charge >= 0.3 is 6.09 Å². The van der Waals surface area contributed by atoms with Crippen LogP contribution in [0.15, 0.2) is 30.3 Å². The van der Waals surface area contributed by atoms with Crippen LogP contribution in [-0.2, 0) is 9.53 Å². The van der Waals surface area contributed by atoms with Crippen LogP contribution in [0.1, 0.15) is 44.1 Å². The summed E-state index contributed by atoms with van der Waals surface area (Å²) in [7, 11) is 0. The Morgan fingerprint density at radius 2 is 1.85 bits per heavy atom. The van der Waals surface area contributed by atoms with Crippen molar-refractivity contribution in [2.45, 2.75) is 45.3 Å². The summed E-state index contributed by atoms with van der Waals surface area (Å²) in [6.07, 6.45) is 1.19. The molecular formula is C23H28N6O5. The van der Waals surface area contributed by atoms with Crippen molar-refractivity contribution in [1.82, 2.24) is 15.1 Å². The first-order valence-corrected chi connectivity index (χ1v) is 11.1. The van der Waals surface area contributed by atoms with Crippen LogP contribution in [0.4, 0.5) is 22.0 Å². The summed E-state index contributed by atoms with van der Waals surface area (Å²) in [6.45, 7) is 6.32. The van der Waals surface area contributed by atoms with Crippen molar-refractivity contribution in [3.63, 3.8) is 0 Å². The first-order valence-electron chi connectivity index (χ1n) is 11.1. The van der Waals surface area contributed by atoms with Crippen LogP contribution < -0.4 is 21.1 Å². The van der Waals surface area contributed by atoms with E-state index in [1.165, 1.54) is 6.07 Å². The zero-order valence-corrected chi connectivity index (χ0v) is 19.3. The van der Waals surface area contributed by atoms with Gasteiger partial charge in [-0.25, -0.2) is 4.79 Å². The summed E-state index contributed by atoms with van der Waals surface area (Å²) in [5.74, 6) is -0.0552. The van der Waals surface area contributed by atoms with E-state index in [-0.39, 0.29) is 35.5 Å². The lowest BCUT2D eigenvalue weighted by Gasteiger charge is -2.39. The third-order valence-electron chi connectivity index (χ3n) is 5.14. The maximum atomic E-state index is 12.1. The van der Waals surface area contributed by atoms with Crippen molar-refractivity contribution >= 4 is 35.1 Å². The van der Waals surface area contributed by atoms with Crippen LogP contribution in [0.3, 0.4) is 0 Å². The average Bonchev–Trinajstić information content (AvgIpc) is 3.54. The van der Waals surface area contributed by atoms with Gasteiger partial charge in [0.1, 0.15) is 17.5 Å². The van der Waals surface area contributed by atoms with Crippen LogP contribution >= 0.6 is 0 Å². The number of rotatable bonds is 7. The van der Waals surface area contributed by atoms with Gasteiger partial charge in [0.05, 0.1) is 18.8 Å². The number of benzene rings is 1. The highest BCUT2D eigenvalue weighted by molar-refractivity contribution is 5.98. The van der Waals surface area contributed by atoms with Crippen molar-refractivity contribution < 1.29 is 23.9 Å². The van der Waals surface area contributed by atoms with Crippen LogP contribution in [0.2, 0.25) is 0 Å². The molecule has 1 aromatic heterocycles. The highest BCUT2D eigenvalue weighted by Gasteiger charge is 2.35. The summed E-state index contributed by atoms with van der Waals surface area (Å²) in [5.41, 5.74) is 5.77. The minimum absolute atomic E-state index is 0.000560. The molecule has 1 saturated carbocycles. The second-order valence-electron chi connectivity index (χ2n) is 9.40. The summed E-state index contributed by atoms with van der Waals surface area (Å²) in [6, 6.07) is 8.64. The number of primary amides is 1. The Labute approximate surface area is 197 Å². The fourth-order valence-corrected chi connectivity index (χ4v) is 3.29. The van der Waals surface area contributed by atoms with Gasteiger partial charge in [0.25, 0.3) is 5.91 Å². The summed E-state index contributed by atoms with van der Waals surface area (Å²) >= 11 is 0. The van der Waals surface area contributed by atoms with Gasteiger partial charge in [-0.3, -0.25) is 9.59 Å². The lowest BCUT2D eigenvalue weighted by Crippen LogP contribution is -2.57. The predicted octanol–water partition coefficient (Wildman–Crippen LogP) is 2.67. The number of carbonyl (C=O) groups is 3. The van der Waals surface area contributed by atoms with E-state index in [4.69, 9.17) is 15.2 Å². The Morgan fingerprint density at radius 1 is 1.12 bits per heavy atom. The Balaban J connectivity index is 1.40. The van der Waals surface area contributed by atoms with E-state index in [0.29, 0.717) is 30.2 Å². The van der Waals surface area contributed by atoms with Crippen molar-refractivity contribution in [1.29, 1.82) is 0 Å². The first-order chi connectivity index (χ1) is 16.1. The van der Waals surface area contributed by atoms with Crippen LogP contribution in [0, 0.1) is 5.92 Å². The third-order valence-corrected chi connectivity index (χ3v) is 5.14. The quantitative estimate of drug-likeness (QED) is 0.561. The molecule has 1 aliphatic heterocycles. The van der Waals surface area contributed by atoms with Gasteiger partial charge in [-0.2, -0.15) is 0 Å². The molecule has 180 valence electrons. The second kappa shape index (κ2) is 9.16. The predicted molar refractivity (Wildman–Crippen MR) is 124 cm³/mol. The van der Waals surface area contributed by atoms with E-state index in [2.05, 4.69) is 20.8 Å². The lowest BCUT2D eigenvalue weighted by molar-refractivity contribution is -0.117. The molecule has 4 rings (SSSR count). The van der Waals surface area contributed by atoms with E-state index < -0.39 is 11.5 Å². The number of anilines is 3. The number of hydrogen-bond donors (Lipinski definition) is 3. The fourth-order valence-electron chi connectivity index (χ4n) is 3.29. The smallest absolute Gasteiger partial charge is 0.410 e. The highest BCUT2D eigenvalue weighted by Crippen LogP contribution is 2.31. The van der Waals surface area contributed by atoms with Gasteiger partial charge in [0.15, 0.2) is 11.5 Å². The van der Waals surface area contributed by atoms with Gasteiger partial charge in [0, 0.05) is 23.7 Å². The minimum atomic E-state index is -0.751. The van der Waals surface area contributed by atoms with E-state index in [9.17, 15) is 14.4 Å². The highest BCUT2D eigenvalue weighted by atomic mass is 16.6. The minimum Gasteiger partial charge on any atom is -0.487 e. The number of carbonyl (C=O) groups excluding carboxylic acids is 3. The Morgan fingerprint density at radius 3 is 2.50 bits per heavy atom. The number of amides is 3. The normalized spacial score (nSPS) is 15.8. The zero-order chi connectivity index (χ0) is 24.5. The molecule has 0 spiro atoms. The molecule has 11 nitrogen and oxygen atoms in total. The lowest BCUT2D eigenvalue weighted by atomic mass is 10.1. The van der Waals surface area contributed by atoms with Crippen molar-refractivity contribution in [3.8, 4) is 5.75 Å². The van der Waals surface area contributed by atoms with Gasteiger partial charge in [-0.1, -0.05) is 6.07 Å². The molecule has 2 aromatic rings. The number of aromatic nitrogens is 2. The number of nitrogens with one attached hydrogen (secondary N) is 2. The van der Waals surface area contributed by atoms with E-state index in [1.54, 1.807) is 29.2 Å². The van der Waals surface area contributed by atoms with Crippen molar-refractivity contribution in [2.24, 2.45) is 11.7 Å². The molecule has 0 unspecified atom stereocenters. The molecule has 0 radical (unpaired) electrons. The van der Waals surface area contributed by atoms with E-state index >= 15 is 0 Å². The standard InChI is InChI=1S/C23H28N6O5/c1-23(2,3)34-22(32)29-11-16(12-29)33-15-6-4-5-14(9-15)25-17-10-18(26-21(31)13-7-8-13)27-28-19(17)20(24)30/h4-6,9-10,13,16H,7-8,11-12H2,1-3H3,(H2,24,30)(H2,25,26,27,31). The van der Waals surface area contributed by atoms with Gasteiger partial charge in [0.2, 0.25) is 5.91 Å². The molecule has 2 fully saturated rings. The fraction of sp³-hybridized carbons (Fsp3) is 0.435. The average molecular weight is 469 g/mol. The van der Waals surface area contributed by atoms with Gasteiger partial charge < -0.3 is 30.7 Å². The number of likely N-dealkylation sites (tertiary alicyclic amines) is 1. The molecule has 34 heavy (non-hydrogen) atoms. The molecule has 4 N–H and O–H groups in total. The Bertz CT molecular complexity index is 1110. The number of nitrogens with zero attached hydrogens (tertiary/aromatic N) is 3. The summed E-state index contributed by atoms with van der Waals surface area (Å²) in [4.78, 5) is 37.5. The third kappa shape index (κ3) is 5.91. The molecule has 3 amide bonds. The SMILES string of the molecule is CC(C)(C)OC(=O)N1CC(Oc2cccc(Nc3cc(NC(=O)C4CC4)nnc3C(N)=O)c2)C1. The molecule has 2 aliphatic rings. The molecule has 0 bridgehead atoms. The molecule has 1 aliphatic carbocycles. The molecule has 1 aromatic carbocycles. The van der Waals surface area contributed by atoms with Crippen molar-refractivity contribution in [3.05, 3.63) is 36.0 Å². The van der Waals surface area contributed by atoms with Gasteiger partial charge in [-0.05, 0) is 45.7 Å². The molecule has 11 heteroatoms. The molecule has 0 atom stereocenters. The maximum Gasteiger partial charge on any atom is 0.410 e. The molecular weight excluding hydrogens is 440 g/mol. The number of nitrogens with two attached hydrogens (primary N) is 1. The maximum absolute atomic E-state index is 12.1. The zero-order valence-electron chi connectivity index (χ0n) is 19.3. The Hall–Kier alpha value is -3.89. The Kier molecular flexibility index (Phi) is 6.27. The summed E-state index contributed by atoms with van der Waals surface area (Å²) in [5, 5.41) is 13.5. The van der Waals surface area contributed by atoms with Crippen LogP contribution in [-0.4, -0.2) is 57.8 Å². The van der Waals surface area contributed by atoms with Gasteiger partial charge in [-0.15, -0.1) is 10.2 Å². The monoisotopic (exact) mass is 468 g/mol. The van der Waals surface area contributed by atoms with Crippen LogP contribution in [0.25, 0.3) is 0 Å². The van der Waals surface area contributed by atoms with Crippen LogP contribution in [0.5, 0.6) is 5.75 Å². The number of ether oxygens (including phenoxy) is 2. The van der Waals surface area contributed by atoms with Crippen molar-refractivity contribution in [2.75, 3.05) is 23.7 Å². The molecule has 1 saturated heterocycles. The first kappa shape index (κ1) is 23.3. The number of hydrogen-bond acceptors (Lipinski definition) is 8. The van der Waals surface area contributed by atoms with E-state index in [1.807, 2.05) is 20.8 Å². The van der Waals surface area contributed by atoms with E-state index in [0.717, 1.165) is 12.8 Å². The topological polar surface area (TPSA) is 149 Å². The summed E-state index contributed by atoms with van der Waals surface area (Å²) < 4.78 is 11.3. The largest absolute Gasteiger partial charge is 0.487 e.